The molecule has 1 amide bonds. The second-order valence-electron chi connectivity index (χ2n) is 6.26. The maximum Gasteiger partial charge on any atom is 0.280 e. The van der Waals surface area contributed by atoms with Gasteiger partial charge in [-0.2, -0.15) is 5.06 Å². The Bertz CT molecular complexity index is 687. The van der Waals surface area contributed by atoms with E-state index in [9.17, 15) is 4.79 Å². The van der Waals surface area contributed by atoms with Crippen LogP contribution >= 0.6 is 0 Å². The third-order valence-electron chi connectivity index (χ3n) is 4.35. The molecule has 1 unspecified atom stereocenters. The number of benzene rings is 2. The number of hydrogen-bond acceptors (Lipinski definition) is 3. The van der Waals surface area contributed by atoms with E-state index in [0.717, 1.165) is 24.0 Å². The molecular formula is C21H25NO3. The van der Waals surface area contributed by atoms with Crippen LogP contribution in [-0.2, 0) is 16.2 Å². The Labute approximate surface area is 149 Å². The largest absolute Gasteiger partial charge is 0.347 e. The number of hydroxylamine groups is 2. The Morgan fingerprint density at radius 3 is 2.52 bits per heavy atom. The summed E-state index contributed by atoms with van der Waals surface area (Å²) in [6.07, 6.45) is 3.93. The van der Waals surface area contributed by atoms with E-state index >= 15 is 0 Å². The standard InChI is InChI=1S/C21H25NO3/c1-2-3-4-10-15-25-22-20(23)18-13-8-9-14-19(18)21(22)24-16-17-11-6-5-7-12-17/h5-9,11-14,21H,2-4,10,15-16H2,1H3. The summed E-state index contributed by atoms with van der Waals surface area (Å²) in [5.41, 5.74) is 2.60. The monoisotopic (exact) mass is 339 g/mol. The summed E-state index contributed by atoms with van der Waals surface area (Å²) in [7, 11) is 0. The molecule has 0 saturated heterocycles. The Hall–Kier alpha value is -2.17. The summed E-state index contributed by atoms with van der Waals surface area (Å²) >= 11 is 0. The van der Waals surface area contributed by atoms with E-state index in [1.54, 1.807) is 0 Å². The second-order valence-corrected chi connectivity index (χ2v) is 6.26. The van der Waals surface area contributed by atoms with Crippen LogP contribution in [0.2, 0.25) is 0 Å². The Morgan fingerprint density at radius 1 is 0.960 bits per heavy atom. The maximum atomic E-state index is 12.7. The topological polar surface area (TPSA) is 38.8 Å². The van der Waals surface area contributed by atoms with Gasteiger partial charge in [-0.25, -0.2) is 0 Å². The zero-order valence-electron chi connectivity index (χ0n) is 14.7. The first-order valence-corrected chi connectivity index (χ1v) is 9.02. The highest BCUT2D eigenvalue weighted by Crippen LogP contribution is 2.35. The summed E-state index contributed by atoms with van der Waals surface area (Å²) in [6, 6.07) is 17.5. The average molecular weight is 339 g/mol. The first-order valence-electron chi connectivity index (χ1n) is 9.02. The van der Waals surface area contributed by atoms with Gasteiger partial charge in [0.25, 0.3) is 5.91 Å². The lowest BCUT2D eigenvalue weighted by molar-refractivity contribution is -0.220. The van der Waals surface area contributed by atoms with E-state index in [1.807, 2.05) is 54.6 Å². The quantitative estimate of drug-likeness (QED) is 0.612. The highest BCUT2D eigenvalue weighted by molar-refractivity contribution is 5.98. The zero-order valence-corrected chi connectivity index (χ0v) is 14.7. The number of rotatable bonds is 9. The van der Waals surface area contributed by atoms with Crippen LogP contribution in [0.25, 0.3) is 0 Å². The van der Waals surface area contributed by atoms with Gasteiger partial charge in [0.05, 0.1) is 13.2 Å². The van der Waals surface area contributed by atoms with Crippen LogP contribution in [0, 0.1) is 0 Å². The molecule has 25 heavy (non-hydrogen) atoms. The number of ether oxygens (including phenoxy) is 1. The van der Waals surface area contributed by atoms with Crippen molar-refractivity contribution in [2.75, 3.05) is 6.61 Å². The van der Waals surface area contributed by atoms with Gasteiger partial charge in [0, 0.05) is 11.1 Å². The molecule has 0 radical (unpaired) electrons. The molecule has 1 atom stereocenters. The normalized spacial score (nSPS) is 16.3. The average Bonchev–Trinajstić information content (AvgIpc) is 2.93. The predicted octanol–water partition coefficient (Wildman–Crippen LogP) is 4.87. The molecule has 0 bridgehead atoms. The first kappa shape index (κ1) is 17.6. The van der Waals surface area contributed by atoms with E-state index in [4.69, 9.17) is 9.57 Å². The third kappa shape index (κ3) is 4.27. The zero-order chi connectivity index (χ0) is 17.5. The number of amides is 1. The summed E-state index contributed by atoms with van der Waals surface area (Å²) in [4.78, 5) is 18.5. The Balaban J connectivity index is 1.67. The molecule has 3 rings (SSSR count). The molecule has 132 valence electrons. The minimum absolute atomic E-state index is 0.121. The molecule has 0 saturated carbocycles. The van der Waals surface area contributed by atoms with Crippen LogP contribution in [0.3, 0.4) is 0 Å². The first-order chi connectivity index (χ1) is 12.3. The van der Waals surface area contributed by atoms with Crippen LogP contribution in [0.1, 0.15) is 60.3 Å². The fourth-order valence-corrected chi connectivity index (χ4v) is 2.98. The van der Waals surface area contributed by atoms with Crippen molar-refractivity contribution < 1.29 is 14.4 Å². The SMILES string of the molecule is CCCCCCON1C(=O)c2ccccc2C1OCc1ccccc1. The second kappa shape index (κ2) is 8.79. The minimum Gasteiger partial charge on any atom is -0.347 e. The van der Waals surface area contributed by atoms with E-state index in [2.05, 4.69) is 6.92 Å². The van der Waals surface area contributed by atoms with Crippen molar-refractivity contribution in [3.63, 3.8) is 0 Å². The van der Waals surface area contributed by atoms with Gasteiger partial charge in [-0.15, -0.1) is 0 Å². The van der Waals surface area contributed by atoms with Gasteiger partial charge in [-0.3, -0.25) is 9.63 Å². The smallest absolute Gasteiger partial charge is 0.280 e. The van der Waals surface area contributed by atoms with Crippen LogP contribution in [0.15, 0.2) is 54.6 Å². The van der Waals surface area contributed by atoms with Gasteiger partial charge in [-0.05, 0) is 18.1 Å². The summed E-state index contributed by atoms with van der Waals surface area (Å²) in [5, 5.41) is 1.40. The van der Waals surface area contributed by atoms with Crippen molar-refractivity contribution in [3.05, 3.63) is 71.3 Å². The van der Waals surface area contributed by atoms with Crippen LogP contribution < -0.4 is 0 Å². The van der Waals surface area contributed by atoms with Crippen molar-refractivity contribution in [2.24, 2.45) is 0 Å². The van der Waals surface area contributed by atoms with Gasteiger partial charge in [0.1, 0.15) is 0 Å². The molecule has 0 aliphatic carbocycles. The van der Waals surface area contributed by atoms with E-state index < -0.39 is 6.23 Å². The summed E-state index contributed by atoms with van der Waals surface area (Å²) in [6.45, 7) is 3.14. The van der Waals surface area contributed by atoms with Gasteiger partial charge in [0.2, 0.25) is 0 Å². The van der Waals surface area contributed by atoms with Gasteiger partial charge < -0.3 is 4.74 Å². The number of carbonyl (C=O) groups excluding carboxylic acids is 1. The highest BCUT2D eigenvalue weighted by Gasteiger charge is 2.38. The number of hydrogen-bond donors (Lipinski definition) is 0. The molecule has 2 aromatic rings. The molecule has 1 aliphatic heterocycles. The van der Waals surface area contributed by atoms with Crippen LogP contribution in [0.5, 0.6) is 0 Å². The van der Waals surface area contributed by atoms with Gasteiger partial charge in [-0.1, -0.05) is 74.7 Å². The molecule has 1 heterocycles. The molecule has 1 aliphatic rings. The third-order valence-corrected chi connectivity index (χ3v) is 4.35. The molecule has 4 nitrogen and oxygen atoms in total. The fourth-order valence-electron chi connectivity index (χ4n) is 2.98. The van der Waals surface area contributed by atoms with Gasteiger partial charge in [0.15, 0.2) is 6.23 Å². The lowest BCUT2D eigenvalue weighted by Gasteiger charge is -2.24. The molecule has 0 aromatic heterocycles. The molecule has 0 N–H and O–H groups in total. The van der Waals surface area contributed by atoms with Crippen molar-refractivity contribution in [1.82, 2.24) is 5.06 Å². The fraction of sp³-hybridized carbons (Fsp3) is 0.381. The summed E-state index contributed by atoms with van der Waals surface area (Å²) < 4.78 is 6.06. The van der Waals surface area contributed by atoms with E-state index in [0.29, 0.717) is 18.8 Å². The van der Waals surface area contributed by atoms with E-state index in [1.165, 1.54) is 17.9 Å². The lowest BCUT2D eigenvalue weighted by atomic mass is 10.1. The number of carbonyl (C=O) groups is 1. The van der Waals surface area contributed by atoms with Crippen molar-refractivity contribution >= 4 is 5.91 Å². The predicted molar refractivity (Wildman–Crippen MR) is 96.7 cm³/mol. The Morgan fingerprint density at radius 2 is 1.72 bits per heavy atom. The molecule has 0 fully saturated rings. The molecule has 4 heteroatoms. The summed E-state index contributed by atoms with van der Waals surface area (Å²) in [5.74, 6) is -0.121. The maximum absolute atomic E-state index is 12.7. The number of unbranched alkanes of at least 4 members (excludes halogenated alkanes) is 3. The minimum atomic E-state index is -0.491. The van der Waals surface area contributed by atoms with E-state index in [-0.39, 0.29) is 5.91 Å². The number of nitrogens with zero attached hydrogens (tertiary/aromatic N) is 1. The Kier molecular flexibility index (Phi) is 6.20. The van der Waals surface area contributed by atoms with Crippen molar-refractivity contribution in [1.29, 1.82) is 0 Å². The van der Waals surface area contributed by atoms with Crippen LogP contribution in [0.4, 0.5) is 0 Å². The lowest BCUT2D eigenvalue weighted by Crippen LogP contribution is -2.30. The number of fused-ring (bicyclic) bond motifs is 1. The van der Waals surface area contributed by atoms with Crippen LogP contribution in [-0.4, -0.2) is 17.6 Å². The molecule has 0 spiro atoms. The van der Waals surface area contributed by atoms with Crippen molar-refractivity contribution in [3.8, 4) is 0 Å². The molecular weight excluding hydrogens is 314 g/mol. The van der Waals surface area contributed by atoms with Crippen molar-refractivity contribution in [2.45, 2.75) is 45.4 Å². The highest BCUT2D eigenvalue weighted by atomic mass is 16.7. The van der Waals surface area contributed by atoms with Gasteiger partial charge >= 0.3 is 0 Å². The molecule has 2 aromatic carbocycles.